The highest BCUT2D eigenvalue weighted by molar-refractivity contribution is 9.10. The Morgan fingerprint density at radius 1 is 1.15 bits per heavy atom. The van der Waals surface area contributed by atoms with E-state index in [-0.39, 0.29) is 19.1 Å². The molecule has 0 aliphatic heterocycles. The first kappa shape index (κ1) is 19.1. The Labute approximate surface area is 166 Å². The van der Waals surface area contributed by atoms with E-state index in [2.05, 4.69) is 26.1 Å². The van der Waals surface area contributed by atoms with Gasteiger partial charge in [-0.2, -0.15) is 0 Å². The number of nitrogens with zero attached hydrogens (tertiary/aromatic N) is 3. The van der Waals surface area contributed by atoms with Gasteiger partial charge in [-0.25, -0.2) is 0 Å². The molecule has 0 fully saturated rings. The molecule has 0 saturated heterocycles. The van der Waals surface area contributed by atoms with Crippen molar-refractivity contribution < 1.29 is 13.9 Å². The van der Waals surface area contributed by atoms with Crippen LogP contribution in [0.15, 0.2) is 51.4 Å². The van der Waals surface area contributed by atoms with Crippen molar-refractivity contribution in [3.63, 3.8) is 0 Å². The van der Waals surface area contributed by atoms with E-state index in [1.807, 2.05) is 56.3 Å². The summed E-state index contributed by atoms with van der Waals surface area (Å²) >= 11 is 3.52. The van der Waals surface area contributed by atoms with Crippen LogP contribution in [0.25, 0.3) is 11.5 Å². The van der Waals surface area contributed by atoms with Gasteiger partial charge in [0.15, 0.2) is 6.61 Å². The van der Waals surface area contributed by atoms with E-state index in [0.29, 0.717) is 17.5 Å². The number of halogens is 1. The lowest BCUT2D eigenvalue weighted by Gasteiger charge is -2.16. The normalized spacial score (nSPS) is 10.7. The zero-order valence-electron chi connectivity index (χ0n) is 15.4. The summed E-state index contributed by atoms with van der Waals surface area (Å²) in [6.45, 7) is 4.13. The van der Waals surface area contributed by atoms with Gasteiger partial charge >= 0.3 is 0 Å². The van der Waals surface area contributed by atoms with Crippen LogP contribution in [0, 0.1) is 13.8 Å². The van der Waals surface area contributed by atoms with Gasteiger partial charge in [0.25, 0.3) is 5.91 Å². The van der Waals surface area contributed by atoms with E-state index >= 15 is 0 Å². The molecule has 0 bridgehead atoms. The van der Waals surface area contributed by atoms with E-state index < -0.39 is 0 Å². The van der Waals surface area contributed by atoms with Crippen molar-refractivity contribution in [2.75, 3.05) is 13.7 Å². The summed E-state index contributed by atoms with van der Waals surface area (Å²) in [5.74, 6) is 1.30. The summed E-state index contributed by atoms with van der Waals surface area (Å²) in [6, 6.07) is 13.3. The third-order valence-corrected chi connectivity index (χ3v) is 5.31. The van der Waals surface area contributed by atoms with Crippen LogP contribution >= 0.6 is 15.9 Å². The molecule has 0 atom stereocenters. The van der Waals surface area contributed by atoms with Gasteiger partial charge in [0.2, 0.25) is 11.8 Å². The first-order valence-corrected chi connectivity index (χ1v) is 9.24. The molecule has 27 heavy (non-hydrogen) atoms. The van der Waals surface area contributed by atoms with Crippen LogP contribution < -0.4 is 4.74 Å². The lowest BCUT2D eigenvalue weighted by molar-refractivity contribution is -0.132. The summed E-state index contributed by atoms with van der Waals surface area (Å²) in [5, 5.41) is 8.04. The van der Waals surface area contributed by atoms with Gasteiger partial charge in [0, 0.05) is 17.1 Å². The van der Waals surface area contributed by atoms with Crippen LogP contribution in [-0.2, 0) is 11.3 Å². The maximum atomic E-state index is 12.3. The lowest BCUT2D eigenvalue weighted by atomic mass is 10.1. The van der Waals surface area contributed by atoms with Gasteiger partial charge in [0.05, 0.1) is 6.54 Å². The zero-order valence-corrected chi connectivity index (χ0v) is 17.0. The molecule has 0 unspecified atom stereocenters. The maximum Gasteiger partial charge on any atom is 0.260 e. The number of carbonyl (C=O) groups is 1. The first-order valence-electron chi connectivity index (χ1n) is 8.45. The van der Waals surface area contributed by atoms with Gasteiger partial charge in [-0.1, -0.05) is 34.1 Å². The molecule has 6 nitrogen and oxygen atoms in total. The number of hydrogen-bond acceptors (Lipinski definition) is 5. The maximum absolute atomic E-state index is 12.3. The molecule has 0 N–H and O–H groups in total. The Morgan fingerprint density at radius 3 is 2.48 bits per heavy atom. The molecule has 0 aliphatic rings. The predicted octanol–water partition coefficient (Wildman–Crippen LogP) is 4.15. The van der Waals surface area contributed by atoms with Crippen LogP contribution in [0.3, 0.4) is 0 Å². The highest BCUT2D eigenvalue weighted by Crippen LogP contribution is 2.26. The molecule has 2 aromatic carbocycles. The number of likely N-dealkylation sites (N-methyl/N-ethyl adjacent to an activating group) is 1. The standard InChI is InChI=1S/C20H20BrN3O3/c1-13-9-16(10-14(2)19(13)21)26-12-18(25)24(3)11-17-22-23-20(27-17)15-7-5-4-6-8-15/h4-10H,11-12H2,1-3H3. The molecule has 3 rings (SSSR count). The van der Waals surface area contributed by atoms with E-state index in [1.165, 1.54) is 4.90 Å². The summed E-state index contributed by atoms with van der Waals surface area (Å²) in [6.07, 6.45) is 0. The number of ether oxygens (including phenoxy) is 1. The van der Waals surface area contributed by atoms with Crippen molar-refractivity contribution >= 4 is 21.8 Å². The minimum absolute atomic E-state index is 0.0588. The van der Waals surface area contributed by atoms with Crippen LogP contribution in [0.5, 0.6) is 5.75 Å². The van der Waals surface area contributed by atoms with E-state index in [1.54, 1.807) is 7.05 Å². The highest BCUT2D eigenvalue weighted by atomic mass is 79.9. The second-order valence-electron chi connectivity index (χ2n) is 6.28. The molecular weight excluding hydrogens is 410 g/mol. The smallest absolute Gasteiger partial charge is 0.260 e. The van der Waals surface area contributed by atoms with Crippen molar-refractivity contribution in [1.82, 2.24) is 15.1 Å². The Bertz CT molecular complexity index is 918. The van der Waals surface area contributed by atoms with Crippen LogP contribution in [-0.4, -0.2) is 34.7 Å². The average Bonchev–Trinajstić information content (AvgIpc) is 3.13. The molecule has 1 aromatic heterocycles. The quantitative estimate of drug-likeness (QED) is 0.588. The van der Waals surface area contributed by atoms with Crippen molar-refractivity contribution in [2.24, 2.45) is 0 Å². The van der Waals surface area contributed by atoms with Gasteiger partial charge < -0.3 is 14.1 Å². The Balaban J connectivity index is 1.57. The number of aryl methyl sites for hydroxylation is 2. The minimum atomic E-state index is -0.173. The Hall–Kier alpha value is -2.67. The van der Waals surface area contributed by atoms with Crippen LogP contribution in [0.4, 0.5) is 0 Å². The largest absolute Gasteiger partial charge is 0.484 e. The number of benzene rings is 2. The highest BCUT2D eigenvalue weighted by Gasteiger charge is 2.15. The van der Waals surface area contributed by atoms with E-state index in [0.717, 1.165) is 21.2 Å². The third kappa shape index (κ3) is 4.74. The molecular formula is C20H20BrN3O3. The second kappa shape index (κ2) is 8.35. The molecule has 1 amide bonds. The minimum Gasteiger partial charge on any atom is -0.484 e. The van der Waals surface area contributed by atoms with Gasteiger partial charge in [-0.3, -0.25) is 4.79 Å². The molecule has 0 radical (unpaired) electrons. The second-order valence-corrected chi connectivity index (χ2v) is 7.07. The first-order chi connectivity index (χ1) is 12.9. The number of aromatic nitrogens is 2. The number of rotatable bonds is 6. The Morgan fingerprint density at radius 2 is 1.81 bits per heavy atom. The topological polar surface area (TPSA) is 68.5 Å². The number of amides is 1. The summed E-state index contributed by atoms with van der Waals surface area (Å²) in [7, 11) is 1.68. The van der Waals surface area contributed by atoms with Crippen LogP contribution in [0.2, 0.25) is 0 Å². The van der Waals surface area contributed by atoms with Crippen molar-refractivity contribution in [3.8, 4) is 17.2 Å². The number of hydrogen-bond donors (Lipinski definition) is 0. The molecule has 1 heterocycles. The van der Waals surface area contributed by atoms with Crippen LogP contribution in [0.1, 0.15) is 17.0 Å². The van der Waals surface area contributed by atoms with Crippen molar-refractivity contribution in [3.05, 3.63) is 64.0 Å². The monoisotopic (exact) mass is 429 g/mol. The number of carbonyl (C=O) groups excluding carboxylic acids is 1. The fourth-order valence-corrected chi connectivity index (χ4v) is 2.78. The molecule has 0 aliphatic carbocycles. The molecule has 0 spiro atoms. The van der Waals surface area contributed by atoms with Crippen molar-refractivity contribution in [2.45, 2.75) is 20.4 Å². The summed E-state index contributed by atoms with van der Waals surface area (Å²) < 4.78 is 12.3. The average molecular weight is 430 g/mol. The van der Waals surface area contributed by atoms with Gasteiger partial charge in [0.1, 0.15) is 5.75 Å². The summed E-state index contributed by atoms with van der Waals surface area (Å²) in [5.41, 5.74) is 2.96. The zero-order chi connectivity index (χ0) is 19.4. The fourth-order valence-electron chi connectivity index (χ4n) is 2.55. The summed E-state index contributed by atoms with van der Waals surface area (Å²) in [4.78, 5) is 13.8. The SMILES string of the molecule is Cc1cc(OCC(=O)N(C)Cc2nnc(-c3ccccc3)o2)cc(C)c1Br. The molecule has 140 valence electrons. The van der Waals surface area contributed by atoms with E-state index in [9.17, 15) is 4.79 Å². The molecule has 3 aromatic rings. The predicted molar refractivity (Wildman–Crippen MR) is 105 cm³/mol. The third-order valence-electron chi connectivity index (χ3n) is 4.06. The van der Waals surface area contributed by atoms with Crippen molar-refractivity contribution in [1.29, 1.82) is 0 Å². The molecule has 7 heteroatoms. The van der Waals surface area contributed by atoms with E-state index in [4.69, 9.17) is 9.15 Å². The van der Waals surface area contributed by atoms with Gasteiger partial charge in [-0.15, -0.1) is 10.2 Å². The lowest BCUT2D eigenvalue weighted by Crippen LogP contribution is -2.31. The van der Waals surface area contributed by atoms with Gasteiger partial charge in [-0.05, 0) is 49.2 Å². The Kier molecular flexibility index (Phi) is 5.91. The molecule has 0 saturated carbocycles. The fraction of sp³-hybridized carbons (Fsp3) is 0.250.